The second-order valence-corrected chi connectivity index (χ2v) is 2.95. The fourth-order valence-corrected chi connectivity index (χ4v) is 1.71. The van der Waals surface area contributed by atoms with E-state index >= 15 is 0 Å². The predicted molar refractivity (Wildman–Crippen MR) is 43.2 cm³/mol. The first kappa shape index (κ1) is 9.30. The second kappa shape index (κ2) is 3.75. The van der Waals surface area contributed by atoms with Gasteiger partial charge >= 0.3 is 0 Å². The molecule has 0 fully saturated rings. The van der Waals surface area contributed by atoms with Crippen molar-refractivity contribution < 1.29 is 32.7 Å². The fraction of sp³-hybridized carbons (Fsp3) is 0.125. The number of hydrogen-bond donors (Lipinski definition) is 0. The molecule has 0 N–H and O–H groups in total. The molecule has 1 aromatic heterocycles. The molecular weight excluding hydrogens is 231 g/mol. The first-order valence-electron chi connectivity index (χ1n) is 3.10. The molecule has 0 aliphatic heterocycles. The topological polar surface area (TPSA) is 12.9 Å². The molecule has 1 aromatic carbocycles. The van der Waals surface area contributed by atoms with E-state index in [0.29, 0.717) is 0 Å². The van der Waals surface area contributed by atoms with Crippen LogP contribution in [0.25, 0.3) is 10.1 Å². The molecule has 0 aliphatic rings. The van der Waals surface area contributed by atoms with Crippen LogP contribution in [-0.4, -0.2) is 4.37 Å². The zero-order valence-electron chi connectivity index (χ0n) is 6.16. The molecule has 1 heterocycles. The third kappa shape index (κ3) is 1.69. The molecular formula is C8H6NSY-. The SMILES string of the molecule is Cc1nsc2[c-]cccc12.[Y]. The van der Waals surface area contributed by atoms with Crippen molar-refractivity contribution in [3.05, 3.63) is 30.0 Å². The van der Waals surface area contributed by atoms with Crippen LogP contribution in [0.15, 0.2) is 18.2 Å². The summed E-state index contributed by atoms with van der Waals surface area (Å²) in [6, 6.07) is 9.11. The van der Waals surface area contributed by atoms with Crippen molar-refractivity contribution in [3.63, 3.8) is 0 Å². The average Bonchev–Trinajstić information content (AvgIpc) is 2.34. The Morgan fingerprint density at radius 3 is 3.09 bits per heavy atom. The molecule has 11 heavy (non-hydrogen) atoms. The van der Waals surface area contributed by atoms with Gasteiger partial charge in [-0.2, -0.15) is 24.3 Å². The monoisotopic (exact) mass is 237 g/mol. The summed E-state index contributed by atoms with van der Waals surface area (Å²) in [5.74, 6) is 0. The van der Waals surface area contributed by atoms with Crippen LogP contribution < -0.4 is 0 Å². The average molecular weight is 237 g/mol. The molecule has 0 saturated heterocycles. The minimum Gasteiger partial charge on any atom is -0.212 e. The third-order valence-corrected chi connectivity index (χ3v) is 2.37. The molecule has 2 aromatic rings. The van der Waals surface area contributed by atoms with E-state index in [1.807, 2.05) is 19.1 Å². The predicted octanol–water partition coefficient (Wildman–Crippen LogP) is 2.40. The standard InChI is InChI=1S/C8H6NS.Y/c1-6-7-4-2-3-5-8(7)10-9-6;/h2-4H,1H3;/q-1;. The summed E-state index contributed by atoms with van der Waals surface area (Å²) in [7, 11) is 0. The van der Waals surface area contributed by atoms with E-state index in [1.165, 1.54) is 16.9 Å². The molecule has 0 atom stereocenters. The molecule has 0 saturated carbocycles. The van der Waals surface area contributed by atoms with Crippen LogP contribution in [0, 0.1) is 13.0 Å². The van der Waals surface area contributed by atoms with Crippen LogP contribution >= 0.6 is 11.5 Å². The molecule has 0 aliphatic carbocycles. The second-order valence-electron chi connectivity index (χ2n) is 2.18. The van der Waals surface area contributed by atoms with Gasteiger partial charge in [0.15, 0.2) is 0 Å². The summed E-state index contributed by atoms with van der Waals surface area (Å²) in [5, 5.41) is 1.23. The zero-order chi connectivity index (χ0) is 6.97. The molecule has 0 amide bonds. The number of aryl methyl sites for hydroxylation is 1. The Morgan fingerprint density at radius 1 is 1.55 bits per heavy atom. The van der Waals surface area contributed by atoms with Crippen molar-refractivity contribution in [2.75, 3.05) is 0 Å². The van der Waals surface area contributed by atoms with Gasteiger partial charge in [-0.15, -0.1) is 0 Å². The van der Waals surface area contributed by atoms with Crippen LogP contribution in [0.4, 0.5) is 0 Å². The Hall–Kier alpha value is 0.214. The van der Waals surface area contributed by atoms with Gasteiger partial charge in [0.1, 0.15) is 0 Å². The maximum absolute atomic E-state index is 4.21. The van der Waals surface area contributed by atoms with Gasteiger partial charge in [0.05, 0.1) is 0 Å². The van der Waals surface area contributed by atoms with Crippen LogP contribution in [0.3, 0.4) is 0 Å². The number of hydrogen-bond acceptors (Lipinski definition) is 2. The largest absolute Gasteiger partial charge is 0.212 e. The van der Waals surface area contributed by atoms with E-state index in [1.54, 1.807) is 0 Å². The smallest absolute Gasteiger partial charge is 0.00393 e. The van der Waals surface area contributed by atoms with Gasteiger partial charge in [-0.1, -0.05) is 21.6 Å². The number of rotatable bonds is 0. The molecule has 0 spiro atoms. The van der Waals surface area contributed by atoms with Gasteiger partial charge in [-0.25, -0.2) is 4.37 Å². The van der Waals surface area contributed by atoms with Crippen molar-refractivity contribution >= 4 is 21.6 Å². The van der Waals surface area contributed by atoms with Gasteiger partial charge in [0.25, 0.3) is 0 Å². The van der Waals surface area contributed by atoms with Crippen molar-refractivity contribution in [1.82, 2.24) is 4.37 Å². The normalized spacial score (nSPS) is 9.55. The molecule has 53 valence electrons. The molecule has 1 radical (unpaired) electrons. The summed E-state index contributed by atoms with van der Waals surface area (Å²) in [4.78, 5) is 0. The van der Waals surface area contributed by atoms with E-state index in [-0.39, 0.29) is 32.7 Å². The Kier molecular flexibility index (Phi) is 3.17. The Labute approximate surface area is 94.9 Å². The quantitative estimate of drug-likeness (QED) is 0.641. The van der Waals surface area contributed by atoms with Crippen LogP contribution in [0.2, 0.25) is 0 Å². The number of fused-ring (bicyclic) bond motifs is 1. The zero-order valence-corrected chi connectivity index (χ0v) is 9.82. The van der Waals surface area contributed by atoms with Gasteiger partial charge in [-0.05, 0) is 6.92 Å². The molecule has 2 rings (SSSR count). The van der Waals surface area contributed by atoms with Gasteiger partial charge in [0, 0.05) is 38.4 Å². The Morgan fingerprint density at radius 2 is 2.36 bits per heavy atom. The summed E-state index contributed by atoms with van der Waals surface area (Å²) < 4.78 is 5.36. The number of aromatic nitrogens is 1. The molecule has 3 heteroatoms. The summed E-state index contributed by atoms with van der Waals surface area (Å²) >= 11 is 1.51. The first-order valence-corrected chi connectivity index (χ1v) is 3.88. The van der Waals surface area contributed by atoms with E-state index in [0.717, 1.165) is 10.4 Å². The van der Waals surface area contributed by atoms with E-state index in [9.17, 15) is 0 Å². The minimum atomic E-state index is 0. The van der Waals surface area contributed by atoms with Gasteiger partial charge < -0.3 is 0 Å². The molecule has 0 unspecified atom stereocenters. The molecule has 1 nitrogen and oxygen atoms in total. The third-order valence-electron chi connectivity index (χ3n) is 1.48. The van der Waals surface area contributed by atoms with Gasteiger partial charge in [-0.3, -0.25) is 0 Å². The van der Waals surface area contributed by atoms with Crippen molar-refractivity contribution in [3.8, 4) is 0 Å². The Bertz CT molecular complexity index is 356. The maximum atomic E-state index is 4.21. The van der Waals surface area contributed by atoms with Crippen molar-refractivity contribution in [2.45, 2.75) is 6.92 Å². The van der Waals surface area contributed by atoms with Crippen molar-refractivity contribution in [2.24, 2.45) is 0 Å². The van der Waals surface area contributed by atoms with Crippen LogP contribution in [-0.2, 0) is 32.7 Å². The number of nitrogens with zero attached hydrogens (tertiary/aromatic N) is 1. The van der Waals surface area contributed by atoms with E-state index < -0.39 is 0 Å². The first-order chi connectivity index (χ1) is 4.88. The van der Waals surface area contributed by atoms with Crippen LogP contribution in [0.1, 0.15) is 5.69 Å². The number of benzene rings is 1. The van der Waals surface area contributed by atoms with Crippen LogP contribution in [0.5, 0.6) is 0 Å². The minimum absolute atomic E-state index is 0. The Balaban J connectivity index is 0.000000605. The van der Waals surface area contributed by atoms with Crippen molar-refractivity contribution in [1.29, 1.82) is 0 Å². The summed E-state index contributed by atoms with van der Waals surface area (Å²) in [5.41, 5.74) is 1.11. The van der Waals surface area contributed by atoms with Gasteiger partial charge in [0.2, 0.25) is 0 Å². The van der Waals surface area contributed by atoms with E-state index in [2.05, 4.69) is 16.5 Å². The molecule has 0 bridgehead atoms. The fourth-order valence-electron chi connectivity index (χ4n) is 0.945. The summed E-state index contributed by atoms with van der Waals surface area (Å²) in [6.07, 6.45) is 0. The van der Waals surface area contributed by atoms with E-state index in [4.69, 9.17) is 0 Å². The maximum Gasteiger partial charge on any atom is 0.00393 e. The summed E-state index contributed by atoms with van der Waals surface area (Å²) in [6.45, 7) is 2.02.